The molecule has 0 atom stereocenters. The summed E-state index contributed by atoms with van der Waals surface area (Å²) >= 11 is 1.40. The van der Waals surface area contributed by atoms with Gasteiger partial charge in [-0.25, -0.2) is 0 Å². The highest BCUT2D eigenvalue weighted by atomic mass is 32.1. The highest BCUT2D eigenvalue weighted by Crippen LogP contribution is 2.23. The van der Waals surface area contributed by atoms with Gasteiger partial charge in [0.05, 0.1) is 10.6 Å². The first-order valence-corrected chi connectivity index (χ1v) is 5.90. The number of aryl methyl sites for hydroxylation is 1. The van der Waals surface area contributed by atoms with Crippen molar-refractivity contribution in [3.8, 4) is 11.4 Å². The zero-order chi connectivity index (χ0) is 11.4. The number of nitrogens with zero attached hydrogens (tertiary/aromatic N) is 4. The molecule has 2 aromatic heterocycles. The van der Waals surface area contributed by atoms with Gasteiger partial charge in [0.1, 0.15) is 11.4 Å². The number of nitrogens with one attached hydrogen (secondary N) is 1. The van der Waals surface area contributed by atoms with Crippen LogP contribution >= 0.6 is 11.5 Å². The Morgan fingerprint density at radius 3 is 2.81 bits per heavy atom. The van der Waals surface area contributed by atoms with Crippen LogP contribution < -0.4 is 5.32 Å². The fourth-order valence-electron chi connectivity index (χ4n) is 1.38. The van der Waals surface area contributed by atoms with Gasteiger partial charge in [-0.15, -0.1) is 5.10 Å². The fourth-order valence-corrected chi connectivity index (χ4v) is 2.00. The summed E-state index contributed by atoms with van der Waals surface area (Å²) < 4.78 is 3.98. The lowest BCUT2D eigenvalue weighted by atomic mass is 10.2. The van der Waals surface area contributed by atoms with Crippen LogP contribution in [0.15, 0.2) is 12.4 Å². The number of hydrogen-bond acceptors (Lipinski definition) is 6. The summed E-state index contributed by atoms with van der Waals surface area (Å²) in [4.78, 5) is 9.62. The van der Waals surface area contributed by atoms with E-state index in [1.165, 1.54) is 11.5 Å². The lowest BCUT2D eigenvalue weighted by Gasteiger charge is -2.02. The predicted molar refractivity (Wildman–Crippen MR) is 63.1 cm³/mol. The maximum atomic E-state index is 4.30. The lowest BCUT2D eigenvalue weighted by Crippen LogP contribution is -2.11. The topological polar surface area (TPSA) is 63.6 Å². The summed E-state index contributed by atoms with van der Waals surface area (Å²) in [5, 5.41) is 7.39. The van der Waals surface area contributed by atoms with Gasteiger partial charge in [-0.3, -0.25) is 9.97 Å². The van der Waals surface area contributed by atoms with Crippen molar-refractivity contribution in [1.82, 2.24) is 24.9 Å². The molecule has 0 fully saturated rings. The van der Waals surface area contributed by atoms with Gasteiger partial charge in [-0.05, 0) is 25.0 Å². The maximum absolute atomic E-state index is 4.30. The summed E-state index contributed by atoms with van der Waals surface area (Å²) in [5.41, 5.74) is 2.55. The zero-order valence-electron chi connectivity index (χ0n) is 9.27. The summed E-state index contributed by atoms with van der Waals surface area (Å²) in [6, 6.07) is 0. The number of hydrogen-bond donors (Lipinski definition) is 1. The Bertz CT molecular complexity index is 468. The molecule has 2 rings (SSSR count). The third-order valence-corrected chi connectivity index (χ3v) is 2.92. The van der Waals surface area contributed by atoms with E-state index in [4.69, 9.17) is 0 Å². The number of aromatic nitrogens is 4. The highest BCUT2D eigenvalue weighted by molar-refractivity contribution is 7.05. The molecule has 0 aliphatic carbocycles. The van der Waals surface area contributed by atoms with E-state index in [1.54, 1.807) is 12.4 Å². The van der Waals surface area contributed by atoms with Crippen LogP contribution in [-0.4, -0.2) is 26.1 Å². The Morgan fingerprint density at radius 1 is 1.25 bits per heavy atom. The van der Waals surface area contributed by atoms with Gasteiger partial charge in [-0.2, -0.15) is 0 Å². The summed E-state index contributed by atoms with van der Waals surface area (Å²) in [5.74, 6) is 0. The molecule has 2 heterocycles. The van der Waals surface area contributed by atoms with Crippen LogP contribution in [0.1, 0.15) is 17.5 Å². The van der Waals surface area contributed by atoms with E-state index in [-0.39, 0.29) is 0 Å². The second kappa shape index (κ2) is 5.09. The van der Waals surface area contributed by atoms with Gasteiger partial charge >= 0.3 is 0 Å². The summed E-state index contributed by atoms with van der Waals surface area (Å²) in [7, 11) is 0. The van der Waals surface area contributed by atoms with Crippen molar-refractivity contribution in [2.45, 2.75) is 20.4 Å². The van der Waals surface area contributed by atoms with E-state index in [0.29, 0.717) is 0 Å². The minimum absolute atomic E-state index is 0.777. The first-order valence-electron chi connectivity index (χ1n) is 5.13. The molecule has 0 aliphatic heterocycles. The summed E-state index contributed by atoms with van der Waals surface area (Å²) in [6.45, 7) is 5.71. The Kier molecular flexibility index (Phi) is 3.53. The van der Waals surface area contributed by atoms with E-state index in [1.807, 2.05) is 6.92 Å². The lowest BCUT2D eigenvalue weighted by molar-refractivity contribution is 0.735. The second-order valence-corrected chi connectivity index (χ2v) is 4.15. The van der Waals surface area contributed by atoms with Crippen molar-refractivity contribution in [1.29, 1.82) is 0 Å². The van der Waals surface area contributed by atoms with E-state index in [2.05, 4.69) is 31.8 Å². The molecule has 5 nitrogen and oxygen atoms in total. The van der Waals surface area contributed by atoms with Crippen LogP contribution in [0.3, 0.4) is 0 Å². The van der Waals surface area contributed by atoms with Gasteiger partial charge in [0, 0.05) is 18.9 Å². The van der Waals surface area contributed by atoms with E-state index in [9.17, 15) is 0 Å². The third-order valence-electron chi connectivity index (χ3n) is 2.20. The average Bonchev–Trinajstić information content (AvgIpc) is 2.75. The van der Waals surface area contributed by atoms with Crippen molar-refractivity contribution in [2.75, 3.05) is 6.54 Å². The normalized spacial score (nSPS) is 10.6. The van der Waals surface area contributed by atoms with Crippen LogP contribution in [0.25, 0.3) is 11.4 Å². The van der Waals surface area contributed by atoms with E-state index >= 15 is 0 Å². The molecule has 6 heteroatoms. The third kappa shape index (κ3) is 2.23. The predicted octanol–water partition coefficient (Wildman–Crippen LogP) is 1.41. The molecule has 0 bridgehead atoms. The van der Waals surface area contributed by atoms with E-state index < -0.39 is 0 Å². The standard InChI is InChI=1S/C10H13N5S/c1-3-11-6-8-10(14-15-16-8)9-7(2)12-4-5-13-9/h4-5,11H,3,6H2,1-2H3. The quantitative estimate of drug-likeness (QED) is 0.868. The molecule has 1 N–H and O–H groups in total. The van der Waals surface area contributed by atoms with Crippen molar-refractivity contribution < 1.29 is 0 Å². The van der Waals surface area contributed by atoms with Gasteiger partial charge in [-0.1, -0.05) is 11.4 Å². The molecule has 0 spiro atoms. The molecule has 0 radical (unpaired) electrons. The molecule has 0 aliphatic rings. The molecule has 0 saturated heterocycles. The SMILES string of the molecule is CCNCc1snnc1-c1nccnc1C. The van der Waals surface area contributed by atoms with Gasteiger partial charge < -0.3 is 5.32 Å². The van der Waals surface area contributed by atoms with Crippen LogP contribution in [0.2, 0.25) is 0 Å². The van der Waals surface area contributed by atoms with Crippen molar-refractivity contribution in [3.05, 3.63) is 23.0 Å². The molecular formula is C10H13N5S. The molecule has 16 heavy (non-hydrogen) atoms. The number of rotatable bonds is 4. The molecule has 2 aromatic rings. The van der Waals surface area contributed by atoms with Crippen LogP contribution in [0, 0.1) is 6.92 Å². The van der Waals surface area contributed by atoms with Crippen LogP contribution in [0.5, 0.6) is 0 Å². The fraction of sp³-hybridized carbons (Fsp3) is 0.400. The molecule has 84 valence electrons. The maximum Gasteiger partial charge on any atom is 0.130 e. The minimum atomic E-state index is 0.777. The minimum Gasteiger partial charge on any atom is -0.312 e. The monoisotopic (exact) mass is 235 g/mol. The largest absolute Gasteiger partial charge is 0.312 e. The molecule has 0 unspecified atom stereocenters. The summed E-state index contributed by atoms with van der Waals surface area (Å²) in [6.07, 6.45) is 3.36. The van der Waals surface area contributed by atoms with Gasteiger partial charge in [0.15, 0.2) is 0 Å². The van der Waals surface area contributed by atoms with E-state index in [0.717, 1.165) is 35.0 Å². The molecular weight excluding hydrogens is 222 g/mol. The van der Waals surface area contributed by atoms with Crippen LogP contribution in [-0.2, 0) is 6.54 Å². The Morgan fingerprint density at radius 2 is 2.06 bits per heavy atom. The highest BCUT2D eigenvalue weighted by Gasteiger charge is 2.13. The first kappa shape index (κ1) is 11.1. The van der Waals surface area contributed by atoms with Crippen molar-refractivity contribution >= 4 is 11.5 Å². The van der Waals surface area contributed by atoms with Gasteiger partial charge in [0.2, 0.25) is 0 Å². The average molecular weight is 235 g/mol. The molecule has 0 amide bonds. The molecule has 0 saturated carbocycles. The second-order valence-electron chi connectivity index (χ2n) is 3.32. The first-order chi connectivity index (χ1) is 7.83. The molecule has 0 aromatic carbocycles. The Balaban J connectivity index is 2.33. The van der Waals surface area contributed by atoms with Crippen molar-refractivity contribution in [2.24, 2.45) is 0 Å². The van der Waals surface area contributed by atoms with Crippen molar-refractivity contribution in [3.63, 3.8) is 0 Å². The zero-order valence-corrected chi connectivity index (χ0v) is 10.1. The van der Waals surface area contributed by atoms with Crippen LogP contribution in [0.4, 0.5) is 0 Å². The Hall–Kier alpha value is -1.40. The van der Waals surface area contributed by atoms with Gasteiger partial charge in [0.25, 0.3) is 0 Å². The smallest absolute Gasteiger partial charge is 0.130 e. The Labute approximate surface area is 98.1 Å².